The van der Waals surface area contributed by atoms with E-state index in [2.05, 4.69) is 0 Å². The molecule has 5 heteroatoms. The molecule has 0 aliphatic carbocycles. The van der Waals surface area contributed by atoms with Crippen LogP contribution in [0, 0.1) is 11.6 Å². The van der Waals surface area contributed by atoms with Crippen molar-refractivity contribution < 1.29 is 8.78 Å². The van der Waals surface area contributed by atoms with E-state index in [-0.39, 0.29) is 12.0 Å². The van der Waals surface area contributed by atoms with Gasteiger partial charge in [0.15, 0.2) is 0 Å². The molecular weight excluding hydrogens is 291 g/mol. The molecule has 0 aliphatic rings. The average molecular weight is 302 g/mol. The molecule has 2 rings (SSSR count). The van der Waals surface area contributed by atoms with Crippen LogP contribution in [0.25, 0.3) is 0 Å². The first kappa shape index (κ1) is 14.3. The zero-order valence-electron chi connectivity index (χ0n) is 9.84. The third-order valence-corrected chi connectivity index (χ3v) is 3.56. The third-order valence-electron chi connectivity index (χ3n) is 2.86. The normalized spacial score (nSPS) is 12.5. The summed E-state index contributed by atoms with van der Waals surface area (Å²) in [5.41, 5.74) is 6.30. The second-order valence-corrected chi connectivity index (χ2v) is 4.96. The molecule has 2 aromatic carbocycles. The molecule has 0 saturated heterocycles. The van der Waals surface area contributed by atoms with Crippen molar-refractivity contribution >= 4 is 23.2 Å². The highest BCUT2D eigenvalue weighted by atomic mass is 35.5. The van der Waals surface area contributed by atoms with Crippen LogP contribution in [-0.4, -0.2) is 0 Å². The molecule has 2 aromatic rings. The summed E-state index contributed by atoms with van der Waals surface area (Å²) in [6, 6.07) is 7.81. The zero-order valence-corrected chi connectivity index (χ0v) is 11.3. The first-order valence-corrected chi connectivity index (χ1v) is 6.38. The molecule has 0 aromatic heterocycles. The van der Waals surface area contributed by atoms with Gasteiger partial charge >= 0.3 is 0 Å². The molecule has 0 fully saturated rings. The van der Waals surface area contributed by atoms with Gasteiger partial charge in [0.25, 0.3) is 0 Å². The van der Waals surface area contributed by atoms with E-state index in [0.29, 0.717) is 15.6 Å². The molecule has 0 heterocycles. The second kappa shape index (κ2) is 5.87. The molecule has 0 radical (unpaired) electrons. The highest BCUT2D eigenvalue weighted by Gasteiger charge is 2.19. The zero-order chi connectivity index (χ0) is 14.0. The number of benzene rings is 2. The van der Waals surface area contributed by atoms with Crippen molar-refractivity contribution in [1.29, 1.82) is 0 Å². The SMILES string of the molecule is NC(Cc1c(Cl)cccc1Cl)c1c(F)cccc1F. The monoisotopic (exact) mass is 301 g/mol. The van der Waals surface area contributed by atoms with Crippen LogP contribution in [0.15, 0.2) is 36.4 Å². The van der Waals surface area contributed by atoms with E-state index in [1.54, 1.807) is 18.2 Å². The van der Waals surface area contributed by atoms with Gasteiger partial charge in [-0.1, -0.05) is 35.3 Å². The molecular formula is C14H11Cl2F2N. The van der Waals surface area contributed by atoms with Crippen LogP contribution in [0.1, 0.15) is 17.2 Å². The Morgan fingerprint density at radius 1 is 0.947 bits per heavy atom. The maximum atomic E-state index is 13.6. The summed E-state index contributed by atoms with van der Waals surface area (Å²) in [5, 5.41) is 0.861. The molecule has 0 bridgehead atoms. The van der Waals surface area contributed by atoms with Gasteiger partial charge in [-0.25, -0.2) is 8.78 Å². The number of halogens is 4. The largest absolute Gasteiger partial charge is 0.323 e. The summed E-state index contributed by atoms with van der Waals surface area (Å²) < 4.78 is 27.2. The van der Waals surface area contributed by atoms with E-state index in [1.807, 2.05) is 0 Å². The third kappa shape index (κ3) is 3.06. The van der Waals surface area contributed by atoms with Gasteiger partial charge in [-0.15, -0.1) is 0 Å². The van der Waals surface area contributed by atoms with Gasteiger partial charge in [0.1, 0.15) is 11.6 Å². The van der Waals surface area contributed by atoms with Crippen molar-refractivity contribution in [3.8, 4) is 0 Å². The lowest BCUT2D eigenvalue weighted by atomic mass is 9.98. The maximum Gasteiger partial charge on any atom is 0.130 e. The lowest BCUT2D eigenvalue weighted by molar-refractivity contribution is 0.524. The molecule has 100 valence electrons. The molecule has 1 nitrogen and oxygen atoms in total. The molecule has 0 saturated carbocycles. The van der Waals surface area contributed by atoms with E-state index >= 15 is 0 Å². The molecule has 0 aliphatic heterocycles. The van der Waals surface area contributed by atoms with Crippen LogP contribution < -0.4 is 5.73 Å². The summed E-state index contributed by atoms with van der Waals surface area (Å²) in [7, 11) is 0. The molecule has 1 atom stereocenters. The maximum absolute atomic E-state index is 13.6. The Morgan fingerprint density at radius 2 is 1.42 bits per heavy atom. The Bertz CT molecular complexity index is 561. The van der Waals surface area contributed by atoms with Gasteiger partial charge in [-0.3, -0.25) is 0 Å². The van der Waals surface area contributed by atoms with Crippen LogP contribution in [0.5, 0.6) is 0 Å². The van der Waals surface area contributed by atoms with E-state index in [4.69, 9.17) is 28.9 Å². The van der Waals surface area contributed by atoms with Gasteiger partial charge < -0.3 is 5.73 Å². The quantitative estimate of drug-likeness (QED) is 0.886. The Morgan fingerprint density at radius 3 is 1.95 bits per heavy atom. The molecule has 1 unspecified atom stereocenters. The summed E-state index contributed by atoms with van der Waals surface area (Å²) >= 11 is 12.0. The predicted molar refractivity (Wildman–Crippen MR) is 73.5 cm³/mol. The number of hydrogen-bond donors (Lipinski definition) is 1. The molecule has 0 spiro atoms. The van der Waals surface area contributed by atoms with Gasteiger partial charge in [-0.05, 0) is 36.2 Å². The Kier molecular flexibility index (Phi) is 4.40. The van der Waals surface area contributed by atoms with Crippen molar-refractivity contribution in [1.82, 2.24) is 0 Å². The summed E-state index contributed by atoms with van der Waals surface area (Å²) in [5.74, 6) is -1.34. The van der Waals surface area contributed by atoms with Crippen LogP contribution in [0.2, 0.25) is 10.0 Å². The van der Waals surface area contributed by atoms with E-state index in [9.17, 15) is 8.78 Å². The van der Waals surface area contributed by atoms with Gasteiger partial charge in [0.05, 0.1) is 0 Å². The lowest BCUT2D eigenvalue weighted by Crippen LogP contribution is -2.17. The first-order valence-electron chi connectivity index (χ1n) is 5.63. The minimum Gasteiger partial charge on any atom is -0.323 e. The van der Waals surface area contributed by atoms with E-state index in [1.165, 1.54) is 18.2 Å². The molecule has 0 amide bonds. The number of nitrogens with two attached hydrogens (primary N) is 1. The Labute approximate surface area is 119 Å². The topological polar surface area (TPSA) is 26.0 Å². The Balaban J connectivity index is 2.34. The van der Waals surface area contributed by atoms with Crippen molar-refractivity contribution in [2.75, 3.05) is 0 Å². The van der Waals surface area contributed by atoms with Crippen molar-refractivity contribution in [3.63, 3.8) is 0 Å². The summed E-state index contributed by atoms with van der Waals surface area (Å²) in [6.07, 6.45) is 0.163. The summed E-state index contributed by atoms with van der Waals surface area (Å²) in [4.78, 5) is 0. The number of hydrogen-bond acceptors (Lipinski definition) is 1. The first-order chi connectivity index (χ1) is 9.00. The van der Waals surface area contributed by atoms with Crippen molar-refractivity contribution in [2.45, 2.75) is 12.5 Å². The fourth-order valence-corrected chi connectivity index (χ4v) is 2.47. The van der Waals surface area contributed by atoms with Crippen LogP contribution in [0.4, 0.5) is 8.78 Å². The fourth-order valence-electron chi connectivity index (χ4n) is 1.91. The van der Waals surface area contributed by atoms with Gasteiger partial charge in [0.2, 0.25) is 0 Å². The average Bonchev–Trinajstić information content (AvgIpc) is 2.34. The highest BCUT2D eigenvalue weighted by molar-refractivity contribution is 6.36. The molecule has 2 N–H and O–H groups in total. The van der Waals surface area contributed by atoms with Crippen LogP contribution >= 0.6 is 23.2 Å². The lowest BCUT2D eigenvalue weighted by Gasteiger charge is -2.15. The molecule has 19 heavy (non-hydrogen) atoms. The van der Waals surface area contributed by atoms with Crippen LogP contribution in [0.3, 0.4) is 0 Å². The minimum atomic E-state index is -0.849. The Hall–Kier alpha value is -1.16. The number of rotatable bonds is 3. The summed E-state index contributed by atoms with van der Waals surface area (Å²) in [6.45, 7) is 0. The highest BCUT2D eigenvalue weighted by Crippen LogP contribution is 2.30. The van der Waals surface area contributed by atoms with Crippen LogP contribution in [-0.2, 0) is 6.42 Å². The van der Waals surface area contributed by atoms with Gasteiger partial charge in [-0.2, -0.15) is 0 Å². The predicted octanol–water partition coefficient (Wildman–Crippen LogP) is 4.51. The van der Waals surface area contributed by atoms with E-state index < -0.39 is 17.7 Å². The van der Waals surface area contributed by atoms with Crippen molar-refractivity contribution in [3.05, 3.63) is 69.2 Å². The second-order valence-electron chi connectivity index (χ2n) is 4.15. The van der Waals surface area contributed by atoms with E-state index in [0.717, 1.165) is 0 Å². The standard InChI is InChI=1S/C14H11Cl2F2N/c15-9-3-1-4-10(16)8(9)7-13(19)14-11(17)5-2-6-12(14)18/h1-6,13H,7,19H2. The smallest absolute Gasteiger partial charge is 0.130 e. The van der Waals surface area contributed by atoms with Gasteiger partial charge in [0, 0.05) is 21.7 Å². The minimum absolute atomic E-state index is 0.154. The fraction of sp³-hybridized carbons (Fsp3) is 0.143. The van der Waals surface area contributed by atoms with Crippen molar-refractivity contribution in [2.24, 2.45) is 5.73 Å².